The lowest BCUT2D eigenvalue weighted by Crippen LogP contribution is -2.33. The van der Waals surface area contributed by atoms with Gasteiger partial charge >= 0.3 is 0 Å². The summed E-state index contributed by atoms with van der Waals surface area (Å²) in [5.41, 5.74) is 0. The van der Waals surface area contributed by atoms with Crippen molar-refractivity contribution < 1.29 is 14.6 Å². The topological polar surface area (TPSA) is 50.7 Å². The Morgan fingerprint density at radius 2 is 1.86 bits per heavy atom. The molecule has 0 amide bonds. The molecule has 0 heterocycles. The highest BCUT2D eigenvalue weighted by Gasteiger charge is 2.50. The van der Waals surface area contributed by atoms with E-state index in [0.29, 0.717) is 25.4 Å². The van der Waals surface area contributed by atoms with Crippen molar-refractivity contribution >= 4 is 23.2 Å². The first-order chi connectivity index (χ1) is 10.0. The molecule has 1 aromatic carbocycles. The van der Waals surface area contributed by atoms with E-state index in [1.165, 1.54) is 0 Å². The van der Waals surface area contributed by atoms with Crippen molar-refractivity contribution in [1.82, 2.24) is 5.32 Å². The third-order valence-electron chi connectivity index (χ3n) is 3.30. The number of hydrogen-bond donors (Lipinski definition) is 2. The van der Waals surface area contributed by atoms with Crippen LogP contribution >= 0.6 is 23.2 Å². The van der Waals surface area contributed by atoms with Crippen molar-refractivity contribution in [3.63, 3.8) is 0 Å². The fraction of sp³-hybridized carbons (Fsp3) is 0.600. The highest BCUT2D eigenvalue weighted by Crippen LogP contribution is 2.52. The minimum atomic E-state index is -0.574. The largest absolute Gasteiger partial charge is 0.494 e. The number of alkyl halides is 2. The number of halogens is 2. The molecule has 2 N–H and O–H groups in total. The third kappa shape index (κ3) is 5.55. The van der Waals surface area contributed by atoms with E-state index in [1.807, 2.05) is 31.2 Å². The maximum Gasteiger partial charge on any atom is 0.122 e. The number of rotatable bonds is 9. The van der Waals surface area contributed by atoms with Gasteiger partial charge in [0.25, 0.3) is 0 Å². The Hall–Kier alpha value is -0.680. The second-order valence-corrected chi connectivity index (χ2v) is 6.73. The van der Waals surface area contributed by atoms with Crippen LogP contribution in [0.25, 0.3) is 0 Å². The van der Waals surface area contributed by atoms with Crippen LogP contribution in [0.1, 0.15) is 13.3 Å². The molecule has 1 aromatic rings. The molecule has 0 saturated heterocycles. The molecule has 6 heteroatoms. The predicted octanol–water partition coefficient (Wildman–Crippen LogP) is 2.61. The van der Waals surface area contributed by atoms with Crippen LogP contribution in [-0.2, 0) is 0 Å². The first kappa shape index (κ1) is 16.7. The van der Waals surface area contributed by atoms with E-state index in [-0.39, 0.29) is 12.5 Å². The molecule has 0 aliphatic heterocycles. The standard InChI is InChI=1S/C15H21Cl2NO3/c1-2-20-13-3-5-14(6-4-13)21-10-12(19)9-18-8-11-7-15(11,16)17/h3-6,11-12,18-19H,2,7-10H2,1H3/t11-,12-/m1/s1. The minimum absolute atomic E-state index is 0.235. The van der Waals surface area contributed by atoms with Crippen LogP contribution in [0.5, 0.6) is 11.5 Å². The van der Waals surface area contributed by atoms with Crippen molar-refractivity contribution in [2.24, 2.45) is 5.92 Å². The Labute approximate surface area is 135 Å². The van der Waals surface area contributed by atoms with Gasteiger partial charge in [0.1, 0.15) is 28.5 Å². The fourth-order valence-corrected chi connectivity index (χ4v) is 2.49. The summed E-state index contributed by atoms with van der Waals surface area (Å²) >= 11 is 11.9. The molecule has 2 atom stereocenters. The van der Waals surface area contributed by atoms with E-state index in [0.717, 1.165) is 12.2 Å². The predicted molar refractivity (Wildman–Crippen MR) is 84.5 cm³/mol. The molecule has 1 aliphatic rings. The quantitative estimate of drug-likeness (QED) is 0.682. The smallest absolute Gasteiger partial charge is 0.122 e. The van der Waals surface area contributed by atoms with Crippen LogP contribution in [-0.4, -0.2) is 41.8 Å². The molecular formula is C15H21Cl2NO3. The molecule has 0 unspecified atom stereocenters. The molecule has 1 saturated carbocycles. The molecule has 1 aliphatic carbocycles. The van der Waals surface area contributed by atoms with Gasteiger partial charge in [-0.1, -0.05) is 0 Å². The molecule has 0 bridgehead atoms. The lowest BCUT2D eigenvalue weighted by molar-refractivity contribution is 0.106. The summed E-state index contributed by atoms with van der Waals surface area (Å²) in [7, 11) is 0. The zero-order chi connectivity index (χ0) is 15.3. The van der Waals surface area contributed by atoms with Crippen molar-refractivity contribution in [1.29, 1.82) is 0 Å². The fourth-order valence-electron chi connectivity index (χ4n) is 1.97. The van der Waals surface area contributed by atoms with Crippen LogP contribution in [0.3, 0.4) is 0 Å². The summed E-state index contributed by atoms with van der Waals surface area (Å²) in [6.07, 6.45) is 0.234. The van der Waals surface area contributed by atoms with Crippen molar-refractivity contribution in [2.45, 2.75) is 23.8 Å². The average Bonchev–Trinajstić information content (AvgIpc) is 3.06. The van der Waals surface area contributed by atoms with Crippen molar-refractivity contribution in [2.75, 3.05) is 26.3 Å². The van der Waals surface area contributed by atoms with E-state index < -0.39 is 10.4 Å². The number of aliphatic hydroxyl groups excluding tert-OH is 1. The minimum Gasteiger partial charge on any atom is -0.494 e. The highest BCUT2D eigenvalue weighted by atomic mass is 35.5. The second-order valence-electron chi connectivity index (χ2n) is 5.19. The summed E-state index contributed by atoms with van der Waals surface area (Å²) in [6.45, 7) is 3.98. The lowest BCUT2D eigenvalue weighted by Gasteiger charge is -2.13. The number of nitrogens with one attached hydrogen (secondary N) is 1. The summed E-state index contributed by atoms with van der Waals surface area (Å²) in [6, 6.07) is 7.34. The maximum atomic E-state index is 9.83. The summed E-state index contributed by atoms with van der Waals surface area (Å²) in [5.74, 6) is 1.79. The first-order valence-corrected chi connectivity index (χ1v) is 7.89. The van der Waals surface area contributed by atoms with Gasteiger partial charge < -0.3 is 19.9 Å². The lowest BCUT2D eigenvalue weighted by atomic mass is 10.3. The highest BCUT2D eigenvalue weighted by molar-refractivity contribution is 6.50. The molecule has 2 rings (SSSR count). The summed E-state index contributed by atoms with van der Waals surface area (Å²) in [4.78, 5) is 0. The number of aliphatic hydroxyl groups is 1. The van der Waals surface area contributed by atoms with E-state index in [2.05, 4.69) is 5.32 Å². The summed E-state index contributed by atoms with van der Waals surface area (Å²) in [5, 5.41) is 13.0. The Balaban J connectivity index is 1.60. The van der Waals surface area contributed by atoms with Gasteiger partial charge in [0.2, 0.25) is 0 Å². The first-order valence-electron chi connectivity index (χ1n) is 7.13. The van der Waals surface area contributed by atoms with Gasteiger partial charge in [0, 0.05) is 19.0 Å². The molecule has 21 heavy (non-hydrogen) atoms. The van der Waals surface area contributed by atoms with Crippen LogP contribution in [0.4, 0.5) is 0 Å². The maximum absolute atomic E-state index is 9.83. The van der Waals surface area contributed by atoms with Gasteiger partial charge in [-0.15, -0.1) is 23.2 Å². The normalized spacial score (nSPS) is 20.9. The third-order valence-corrected chi connectivity index (χ3v) is 4.23. The van der Waals surface area contributed by atoms with Crippen molar-refractivity contribution in [3.05, 3.63) is 24.3 Å². The number of ether oxygens (including phenoxy) is 2. The van der Waals surface area contributed by atoms with Crippen LogP contribution < -0.4 is 14.8 Å². The van der Waals surface area contributed by atoms with Crippen LogP contribution in [0.15, 0.2) is 24.3 Å². The van der Waals surface area contributed by atoms with E-state index in [9.17, 15) is 5.11 Å². The van der Waals surface area contributed by atoms with Crippen LogP contribution in [0, 0.1) is 5.92 Å². The summed E-state index contributed by atoms with van der Waals surface area (Å²) < 4.78 is 10.3. The van der Waals surface area contributed by atoms with Gasteiger partial charge in [0.05, 0.1) is 6.61 Å². The van der Waals surface area contributed by atoms with Crippen LogP contribution in [0.2, 0.25) is 0 Å². The number of hydrogen-bond acceptors (Lipinski definition) is 4. The Kier molecular flexibility index (Phi) is 5.99. The molecule has 0 radical (unpaired) electrons. The molecule has 0 spiro atoms. The molecular weight excluding hydrogens is 313 g/mol. The van der Waals surface area contributed by atoms with Crippen molar-refractivity contribution in [3.8, 4) is 11.5 Å². The van der Waals surface area contributed by atoms with Gasteiger partial charge in [-0.25, -0.2) is 0 Å². The molecule has 0 aromatic heterocycles. The average molecular weight is 334 g/mol. The van der Waals surface area contributed by atoms with Gasteiger partial charge in [-0.3, -0.25) is 0 Å². The van der Waals surface area contributed by atoms with Gasteiger partial charge in [-0.05, 0) is 37.6 Å². The van der Waals surface area contributed by atoms with E-state index in [4.69, 9.17) is 32.7 Å². The second kappa shape index (κ2) is 7.54. The molecule has 1 fully saturated rings. The Bertz CT molecular complexity index is 439. The molecule has 4 nitrogen and oxygen atoms in total. The number of benzene rings is 1. The van der Waals surface area contributed by atoms with Gasteiger partial charge in [-0.2, -0.15) is 0 Å². The Morgan fingerprint density at radius 1 is 1.29 bits per heavy atom. The SMILES string of the molecule is CCOc1ccc(OC[C@H](O)CNC[C@H]2CC2(Cl)Cl)cc1. The van der Waals surface area contributed by atoms with E-state index in [1.54, 1.807) is 0 Å². The zero-order valence-electron chi connectivity index (χ0n) is 12.0. The van der Waals surface area contributed by atoms with E-state index >= 15 is 0 Å². The monoisotopic (exact) mass is 333 g/mol. The Morgan fingerprint density at radius 3 is 2.38 bits per heavy atom. The molecule has 118 valence electrons. The zero-order valence-corrected chi connectivity index (χ0v) is 13.5. The van der Waals surface area contributed by atoms with Gasteiger partial charge in [0.15, 0.2) is 0 Å².